The van der Waals surface area contributed by atoms with Crippen molar-refractivity contribution in [3.8, 4) is 0 Å². The van der Waals surface area contributed by atoms with Crippen LogP contribution in [0.1, 0.15) is 32.1 Å². The molecule has 1 amide bonds. The third-order valence-electron chi connectivity index (χ3n) is 3.30. The summed E-state index contributed by atoms with van der Waals surface area (Å²) in [5.74, 6) is -0.637. The quantitative estimate of drug-likeness (QED) is 0.638. The third kappa shape index (κ3) is 4.12. The summed E-state index contributed by atoms with van der Waals surface area (Å²) in [6.45, 7) is 0. The van der Waals surface area contributed by atoms with Crippen LogP contribution in [0.15, 0.2) is 18.2 Å². The van der Waals surface area contributed by atoms with Gasteiger partial charge in [0.15, 0.2) is 0 Å². The lowest BCUT2D eigenvalue weighted by molar-refractivity contribution is -0.142. The fourth-order valence-electron chi connectivity index (χ4n) is 2.24. The summed E-state index contributed by atoms with van der Waals surface area (Å²) in [4.78, 5) is 23.5. The van der Waals surface area contributed by atoms with E-state index >= 15 is 0 Å². The van der Waals surface area contributed by atoms with E-state index in [1.807, 2.05) is 0 Å². The highest BCUT2D eigenvalue weighted by Crippen LogP contribution is 2.27. The molecule has 1 aromatic rings. The van der Waals surface area contributed by atoms with Gasteiger partial charge in [-0.05, 0) is 31.0 Å². The highest BCUT2D eigenvalue weighted by molar-refractivity contribution is 6.36. The van der Waals surface area contributed by atoms with Crippen LogP contribution in [-0.4, -0.2) is 12.1 Å². The zero-order valence-electron chi connectivity index (χ0n) is 10.8. The van der Waals surface area contributed by atoms with Crippen molar-refractivity contribution in [1.82, 2.24) is 0 Å². The van der Waals surface area contributed by atoms with Gasteiger partial charge in [0.25, 0.3) is 0 Å². The third-order valence-corrected chi connectivity index (χ3v) is 3.85. The van der Waals surface area contributed by atoms with Gasteiger partial charge >= 0.3 is 12.1 Å². The molecule has 0 radical (unpaired) electrons. The maximum Gasteiger partial charge on any atom is 0.419 e. The molecule has 0 atom stereocenters. The fourth-order valence-corrected chi connectivity index (χ4v) is 2.70. The van der Waals surface area contributed by atoms with Gasteiger partial charge in [0.05, 0.1) is 16.6 Å². The van der Waals surface area contributed by atoms with Crippen molar-refractivity contribution in [3.05, 3.63) is 28.2 Å². The monoisotopic (exact) mass is 315 g/mol. The topological polar surface area (TPSA) is 55.4 Å². The smallest absolute Gasteiger partial charge is 0.376 e. The van der Waals surface area contributed by atoms with E-state index in [2.05, 4.69) is 5.32 Å². The van der Waals surface area contributed by atoms with Gasteiger partial charge in [0.1, 0.15) is 0 Å². The Morgan fingerprint density at radius 3 is 2.50 bits per heavy atom. The molecule has 0 unspecified atom stereocenters. The van der Waals surface area contributed by atoms with E-state index in [0.29, 0.717) is 15.7 Å². The molecule has 108 valence electrons. The Bertz CT molecular complexity index is 513. The molecule has 1 saturated carbocycles. The van der Waals surface area contributed by atoms with Crippen molar-refractivity contribution in [2.45, 2.75) is 32.1 Å². The number of hydrogen-bond donors (Lipinski definition) is 1. The second-order valence-electron chi connectivity index (χ2n) is 4.79. The molecule has 0 spiro atoms. The van der Waals surface area contributed by atoms with Crippen LogP contribution >= 0.6 is 23.2 Å². The Balaban J connectivity index is 1.90. The summed E-state index contributed by atoms with van der Waals surface area (Å²) in [6.07, 6.45) is 3.90. The van der Waals surface area contributed by atoms with E-state index < -0.39 is 12.1 Å². The number of benzene rings is 1. The SMILES string of the molecule is O=C(Nc1ccc(Cl)cc1Cl)OC(=O)C1CCCCC1. The molecule has 1 aliphatic carbocycles. The minimum Gasteiger partial charge on any atom is -0.376 e. The number of anilines is 1. The lowest BCUT2D eigenvalue weighted by Gasteiger charge is -2.19. The van der Waals surface area contributed by atoms with Crippen LogP contribution in [0.25, 0.3) is 0 Å². The second kappa shape index (κ2) is 6.95. The van der Waals surface area contributed by atoms with Gasteiger partial charge in [-0.2, -0.15) is 0 Å². The van der Waals surface area contributed by atoms with Crippen molar-refractivity contribution < 1.29 is 14.3 Å². The summed E-state index contributed by atoms with van der Waals surface area (Å²) >= 11 is 11.7. The molecule has 0 aromatic heterocycles. The average molecular weight is 316 g/mol. The lowest BCUT2D eigenvalue weighted by atomic mass is 9.89. The molecule has 0 aliphatic heterocycles. The summed E-state index contributed by atoms with van der Waals surface area (Å²) in [5.41, 5.74) is 0.359. The molecule has 1 fully saturated rings. The maximum atomic E-state index is 11.8. The average Bonchev–Trinajstić information content (AvgIpc) is 2.43. The molecule has 4 nitrogen and oxygen atoms in total. The van der Waals surface area contributed by atoms with Gasteiger partial charge < -0.3 is 4.74 Å². The van der Waals surface area contributed by atoms with Crippen LogP contribution in [0, 0.1) is 5.92 Å². The number of carbonyl (C=O) groups excluding carboxylic acids is 2. The highest BCUT2D eigenvalue weighted by Gasteiger charge is 2.24. The normalized spacial score (nSPS) is 15.7. The number of rotatable bonds is 2. The first-order valence-corrected chi connectivity index (χ1v) is 7.29. The Kier molecular flexibility index (Phi) is 5.26. The van der Waals surface area contributed by atoms with Crippen LogP contribution in [0.4, 0.5) is 10.5 Å². The predicted molar refractivity (Wildman–Crippen MR) is 78.1 cm³/mol. The molecule has 1 aliphatic rings. The Labute approximate surface area is 127 Å². The Morgan fingerprint density at radius 1 is 1.15 bits per heavy atom. The first-order chi connectivity index (χ1) is 9.56. The van der Waals surface area contributed by atoms with Crippen molar-refractivity contribution in [2.75, 3.05) is 5.32 Å². The first-order valence-electron chi connectivity index (χ1n) is 6.54. The van der Waals surface area contributed by atoms with Crippen LogP contribution in [0.2, 0.25) is 10.0 Å². The second-order valence-corrected chi connectivity index (χ2v) is 5.64. The van der Waals surface area contributed by atoms with Crippen LogP contribution in [-0.2, 0) is 9.53 Å². The van der Waals surface area contributed by atoms with Crippen LogP contribution in [0.3, 0.4) is 0 Å². The zero-order chi connectivity index (χ0) is 14.5. The molecule has 1 aromatic carbocycles. The number of ether oxygens (including phenoxy) is 1. The van der Waals surface area contributed by atoms with Gasteiger partial charge in [-0.15, -0.1) is 0 Å². The standard InChI is InChI=1S/C14H15Cl2NO3/c15-10-6-7-12(11(16)8-10)17-14(19)20-13(18)9-4-2-1-3-5-9/h6-9H,1-5H2,(H,17,19). The van der Waals surface area contributed by atoms with Gasteiger partial charge in [-0.3, -0.25) is 10.1 Å². The minimum absolute atomic E-state index is 0.171. The molecule has 20 heavy (non-hydrogen) atoms. The minimum atomic E-state index is -0.815. The number of halogens is 2. The number of hydrogen-bond acceptors (Lipinski definition) is 3. The molecular weight excluding hydrogens is 301 g/mol. The number of carbonyl (C=O) groups is 2. The van der Waals surface area contributed by atoms with Crippen molar-refractivity contribution >= 4 is 41.0 Å². The largest absolute Gasteiger partial charge is 0.419 e. The molecule has 0 heterocycles. The number of amides is 1. The van der Waals surface area contributed by atoms with E-state index in [4.69, 9.17) is 27.9 Å². The molecule has 6 heteroatoms. The Morgan fingerprint density at radius 2 is 1.85 bits per heavy atom. The molecule has 1 N–H and O–H groups in total. The summed E-state index contributed by atoms with van der Waals surface area (Å²) in [7, 11) is 0. The fraction of sp³-hybridized carbons (Fsp3) is 0.429. The summed E-state index contributed by atoms with van der Waals surface area (Å²) in [5, 5.41) is 3.19. The molecule has 0 bridgehead atoms. The maximum absolute atomic E-state index is 11.8. The molecule has 0 saturated heterocycles. The van der Waals surface area contributed by atoms with Gasteiger partial charge in [-0.1, -0.05) is 42.5 Å². The van der Waals surface area contributed by atoms with E-state index in [0.717, 1.165) is 32.1 Å². The Hall–Kier alpha value is -1.26. The van der Waals surface area contributed by atoms with E-state index in [1.165, 1.54) is 6.07 Å². The number of nitrogens with one attached hydrogen (secondary N) is 1. The van der Waals surface area contributed by atoms with Crippen LogP contribution < -0.4 is 5.32 Å². The molecule has 2 rings (SSSR count). The highest BCUT2D eigenvalue weighted by atomic mass is 35.5. The lowest BCUT2D eigenvalue weighted by Crippen LogP contribution is -2.26. The van der Waals surface area contributed by atoms with Gasteiger partial charge in [0.2, 0.25) is 0 Å². The number of esters is 1. The first kappa shape index (κ1) is 15.1. The van der Waals surface area contributed by atoms with Crippen molar-refractivity contribution in [2.24, 2.45) is 5.92 Å². The van der Waals surface area contributed by atoms with Crippen LogP contribution in [0.5, 0.6) is 0 Å². The zero-order valence-corrected chi connectivity index (χ0v) is 12.3. The van der Waals surface area contributed by atoms with Gasteiger partial charge in [0, 0.05) is 5.02 Å². The van der Waals surface area contributed by atoms with E-state index in [9.17, 15) is 9.59 Å². The van der Waals surface area contributed by atoms with Crippen molar-refractivity contribution in [1.29, 1.82) is 0 Å². The summed E-state index contributed by atoms with van der Waals surface area (Å²) in [6, 6.07) is 4.64. The van der Waals surface area contributed by atoms with Crippen molar-refractivity contribution in [3.63, 3.8) is 0 Å². The van der Waals surface area contributed by atoms with E-state index in [-0.39, 0.29) is 5.92 Å². The van der Waals surface area contributed by atoms with E-state index in [1.54, 1.807) is 12.1 Å². The molecular formula is C14H15Cl2NO3. The summed E-state index contributed by atoms with van der Waals surface area (Å²) < 4.78 is 4.80. The van der Waals surface area contributed by atoms with Gasteiger partial charge in [-0.25, -0.2) is 4.79 Å². The predicted octanol–water partition coefficient (Wildman–Crippen LogP) is 4.65.